The van der Waals surface area contributed by atoms with Crippen LogP contribution < -0.4 is 4.74 Å². The van der Waals surface area contributed by atoms with E-state index >= 15 is 0 Å². The van der Waals surface area contributed by atoms with Crippen LogP contribution in [0.25, 0.3) is 0 Å². The second kappa shape index (κ2) is 6.57. The molecule has 0 aromatic heterocycles. The first kappa shape index (κ1) is 13.9. The van der Waals surface area contributed by atoms with Crippen molar-refractivity contribution < 1.29 is 14.3 Å². The predicted molar refractivity (Wildman–Crippen MR) is 72.8 cm³/mol. The van der Waals surface area contributed by atoms with Crippen molar-refractivity contribution >= 4 is 23.8 Å². The first-order chi connectivity index (χ1) is 9.20. The predicted octanol–water partition coefficient (Wildman–Crippen LogP) is 2.54. The van der Waals surface area contributed by atoms with E-state index in [0.717, 1.165) is 25.9 Å². The number of rotatable bonds is 4. The summed E-state index contributed by atoms with van der Waals surface area (Å²) in [6.45, 7) is 1.55. The molecule has 1 fully saturated rings. The molecule has 0 saturated carbocycles. The Morgan fingerprint density at radius 1 is 1.32 bits per heavy atom. The first-order valence-corrected chi connectivity index (χ1v) is 6.74. The zero-order chi connectivity index (χ0) is 13.7. The number of carbonyl (C=O) groups is 2. The van der Waals surface area contributed by atoms with Crippen LogP contribution in [0, 0.1) is 0 Å². The second-order valence-corrected chi connectivity index (χ2v) is 4.97. The molecule has 19 heavy (non-hydrogen) atoms. The minimum absolute atomic E-state index is 0.0356. The third-order valence-electron chi connectivity index (χ3n) is 3.16. The van der Waals surface area contributed by atoms with Gasteiger partial charge in [-0.2, -0.15) is 0 Å². The molecule has 0 unspecified atom stereocenters. The van der Waals surface area contributed by atoms with E-state index in [1.54, 1.807) is 17.0 Å². The van der Waals surface area contributed by atoms with Gasteiger partial charge in [-0.3, -0.25) is 9.59 Å². The van der Waals surface area contributed by atoms with Crippen molar-refractivity contribution in [2.24, 2.45) is 0 Å². The summed E-state index contributed by atoms with van der Waals surface area (Å²) in [6, 6.07) is 4.76. The highest BCUT2D eigenvalue weighted by Crippen LogP contribution is 2.21. The molecule has 0 spiro atoms. The summed E-state index contributed by atoms with van der Waals surface area (Å²) in [5, 5.41) is 0.469. The Balaban J connectivity index is 1.94. The Morgan fingerprint density at radius 2 is 2.05 bits per heavy atom. The van der Waals surface area contributed by atoms with Crippen molar-refractivity contribution in [2.75, 3.05) is 19.7 Å². The standard InChI is InChI=1S/C14H16ClNO3/c15-12-4-5-13(11(8-12)9-17)19-10-14(18)16-6-2-1-3-7-16/h4-5,8-9H,1-3,6-7,10H2. The molecule has 0 atom stereocenters. The number of carbonyl (C=O) groups excluding carboxylic acids is 2. The molecule has 0 radical (unpaired) electrons. The smallest absolute Gasteiger partial charge is 0.260 e. The van der Waals surface area contributed by atoms with Gasteiger partial charge in [-0.1, -0.05) is 11.6 Å². The van der Waals surface area contributed by atoms with Crippen molar-refractivity contribution in [2.45, 2.75) is 19.3 Å². The van der Waals surface area contributed by atoms with Crippen LogP contribution in [0.1, 0.15) is 29.6 Å². The lowest BCUT2D eigenvalue weighted by Gasteiger charge is -2.26. The van der Waals surface area contributed by atoms with Gasteiger partial charge < -0.3 is 9.64 Å². The van der Waals surface area contributed by atoms with Gasteiger partial charge in [0.15, 0.2) is 12.9 Å². The van der Waals surface area contributed by atoms with Crippen LogP contribution in [-0.4, -0.2) is 36.8 Å². The SMILES string of the molecule is O=Cc1cc(Cl)ccc1OCC(=O)N1CCCCC1. The molecular formula is C14H16ClNO3. The normalized spacial score (nSPS) is 15.1. The fraction of sp³-hybridized carbons (Fsp3) is 0.429. The third kappa shape index (κ3) is 3.70. The number of hydrogen-bond acceptors (Lipinski definition) is 3. The Labute approximate surface area is 117 Å². The molecule has 1 aliphatic rings. The Kier molecular flexibility index (Phi) is 4.80. The Hall–Kier alpha value is -1.55. The number of aldehydes is 1. The largest absolute Gasteiger partial charge is 0.483 e. The first-order valence-electron chi connectivity index (χ1n) is 6.36. The lowest BCUT2D eigenvalue weighted by atomic mass is 10.1. The van der Waals surface area contributed by atoms with E-state index in [2.05, 4.69) is 0 Å². The monoisotopic (exact) mass is 281 g/mol. The van der Waals surface area contributed by atoms with Gasteiger partial charge in [0.25, 0.3) is 5.91 Å². The van der Waals surface area contributed by atoms with Crippen LogP contribution >= 0.6 is 11.6 Å². The van der Waals surface area contributed by atoms with E-state index in [4.69, 9.17) is 16.3 Å². The topological polar surface area (TPSA) is 46.6 Å². The van der Waals surface area contributed by atoms with Gasteiger partial charge in [0.1, 0.15) is 5.75 Å². The quantitative estimate of drug-likeness (QED) is 0.797. The maximum absolute atomic E-state index is 11.9. The fourth-order valence-electron chi connectivity index (χ4n) is 2.12. The third-order valence-corrected chi connectivity index (χ3v) is 3.39. The number of hydrogen-bond donors (Lipinski definition) is 0. The average molecular weight is 282 g/mol. The molecule has 4 nitrogen and oxygen atoms in total. The van der Waals surface area contributed by atoms with Gasteiger partial charge >= 0.3 is 0 Å². The lowest BCUT2D eigenvalue weighted by Crippen LogP contribution is -2.38. The summed E-state index contributed by atoms with van der Waals surface area (Å²) in [6.07, 6.45) is 3.95. The van der Waals surface area contributed by atoms with Crippen LogP contribution in [0.5, 0.6) is 5.75 Å². The van der Waals surface area contributed by atoms with Gasteiger partial charge in [0, 0.05) is 18.1 Å². The number of piperidine rings is 1. The number of amides is 1. The highest BCUT2D eigenvalue weighted by atomic mass is 35.5. The van der Waals surface area contributed by atoms with Crippen molar-refractivity contribution in [1.29, 1.82) is 0 Å². The second-order valence-electron chi connectivity index (χ2n) is 4.53. The molecule has 102 valence electrons. The van der Waals surface area contributed by atoms with Gasteiger partial charge in [0.2, 0.25) is 0 Å². The highest BCUT2D eigenvalue weighted by molar-refractivity contribution is 6.30. The zero-order valence-electron chi connectivity index (χ0n) is 10.6. The maximum Gasteiger partial charge on any atom is 0.260 e. The molecule has 1 aromatic rings. The van der Waals surface area contributed by atoms with Crippen LogP contribution in [0.4, 0.5) is 0 Å². The molecule has 1 heterocycles. The zero-order valence-corrected chi connectivity index (χ0v) is 11.4. The van der Waals surface area contributed by atoms with E-state index in [-0.39, 0.29) is 12.5 Å². The highest BCUT2D eigenvalue weighted by Gasteiger charge is 2.17. The van der Waals surface area contributed by atoms with Gasteiger partial charge in [-0.05, 0) is 37.5 Å². The number of ether oxygens (including phenoxy) is 1. The van der Waals surface area contributed by atoms with Crippen LogP contribution in [0.15, 0.2) is 18.2 Å². The van der Waals surface area contributed by atoms with Crippen molar-refractivity contribution in [3.8, 4) is 5.75 Å². The lowest BCUT2D eigenvalue weighted by molar-refractivity contribution is -0.134. The molecule has 1 aliphatic heterocycles. The molecule has 5 heteroatoms. The fourth-order valence-corrected chi connectivity index (χ4v) is 2.30. The van der Waals surface area contributed by atoms with E-state index in [1.807, 2.05) is 0 Å². The van der Waals surface area contributed by atoms with Crippen molar-refractivity contribution in [3.63, 3.8) is 0 Å². The number of nitrogens with zero attached hydrogens (tertiary/aromatic N) is 1. The minimum atomic E-state index is -0.0392. The van der Waals surface area contributed by atoms with Crippen LogP contribution in [-0.2, 0) is 4.79 Å². The van der Waals surface area contributed by atoms with E-state index in [9.17, 15) is 9.59 Å². The molecule has 2 rings (SSSR count). The van der Waals surface area contributed by atoms with E-state index in [0.29, 0.717) is 22.6 Å². The van der Waals surface area contributed by atoms with Crippen molar-refractivity contribution in [1.82, 2.24) is 4.90 Å². The maximum atomic E-state index is 11.9. The van der Waals surface area contributed by atoms with E-state index < -0.39 is 0 Å². The molecule has 0 bridgehead atoms. The average Bonchev–Trinajstić information content (AvgIpc) is 2.46. The summed E-state index contributed by atoms with van der Waals surface area (Å²) < 4.78 is 5.42. The molecule has 0 aliphatic carbocycles. The van der Waals surface area contributed by atoms with E-state index in [1.165, 1.54) is 12.5 Å². The van der Waals surface area contributed by atoms with Gasteiger partial charge in [0.05, 0.1) is 5.56 Å². The van der Waals surface area contributed by atoms with Crippen molar-refractivity contribution in [3.05, 3.63) is 28.8 Å². The number of likely N-dealkylation sites (tertiary alicyclic amines) is 1. The number of halogens is 1. The van der Waals surface area contributed by atoms with Gasteiger partial charge in [-0.25, -0.2) is 0 Å². The molecule has 0 N–H and O–H groups in total. The molecule has 1 saturated heterocycles. The summed E-state index contributed by atoms with van der Waals surface area (Å²) >= 11 is 5.79. The molecular weight excluding hydrogens is 266 g/mol. The summed E-state index contributed by atoms with van der Waals surface area (Å²) in [7, 11) is 0. The summed E-state index contributed by atoms with van der Waals surface area (Å²) in [5.41, 5.74) is 0.360. The minimum Gasteiger partial charge on any atom is -0.483 e. The Morgan fingerprint density at radius 3 is 2.74 bits per heavy atom. The number of benzene rings is 1. The summed E-state index contributed by atoms with van der Waals surface area (Å²) in [4.78, 5) is 24.6. The molecule has 1 amide bonds. The molecule has 1 aromatic carbocycles. The van der Waals surface area contributed by atoms with Gasteiger partial charge in [-0.15, -0.1) is 0 Å². The summed E-state index contributed by atoms with van der Waals surface area (Å²) in [5.74, 6) is 0.358. The van der Waals surface area contributed by atoms with Crippen LogP contribution in [0.2, 0.25) is 5.02 Å². The Bertz CT molecular complexity index is 470. The van der Waals surface area contributed by atoms with Crippen LogP contribution in [0.3, 0.4) is 0 Å².